The maximum absolute atomic E-state index is 11.9. The first-order chi connectivity index (χ1) is 12.0. The third-order valence-electron chi connectivity index (χ3n) is 5.09. The number of halogens is 1. The van der Waals surface area contributed by atoms with E-state index in [1.807, 2.05) is 42.5 Å². The fourth-order valence-corrected chi connectivity index (χ4v) is 4.05. The van der Waals surface area contributed by atoms with E-state index in [0.29, 0.717) is 5.02 Å². The van der Waals surface area contributed by atoms with Gasteiger partial charge in [0.15, 0.2) is 0 Å². The van der Waals surface area contributed by atoms with Gasteiger partial charge in [-0.1, -0.05) is 60.1 Å². The first kappa shape index (κ1) is 18.2. The maximum Gasteiger partial charge on any atom is 0.115 e. The van der Waals surface area contributed by atoms with E-state index in [1.165, 1.54) is 0 Å². The molecule has 2 aromatic rings. The van der Waals surface area contributed by atoms with Gasteiger partial charge in [0.1, 0.15) is 5.60 Å². The van der Waals surface area contributed by atoms with Crippen LogP contribution in [0.25, 0.3) is 6.08 Å². The molecular weight excluding hydrogens is 330 g/mol. The zero-order valence-electron chi connectivity index (χ0n) is 15.0. The second kappa shape index (κ2) is 7.74. The van der Waals surface area contributed by atoms with E-state index in [2.05, 4.69) is 37.2 Å². The Morgan fingerprint density at radius 1 is 1.12 bits per heavy atom. The molecule has 3 rings (SSSR count). The Morgan fingerprint density at radius 3 is 2.44 bits per heavy atom. The summed E-state index contributed by atoms with van der Waals surface area (Å²) in [7, 11) is 4.13. The van der Waals surface area contributed by atoms with Crippen molar-refractivity contribution in [3.05, 3.63) is 76.3 Å². The van der Waals surface area contributed by atoms with Crippen molar-refractivity contribution < 1.29 is 5.11 Å². The molecule has 1 fully saturated rings. The van der Waals surface area contributed by atoms with Gasteiger partial charge in [0.2, 0.25) is 0 Å². The maximum atomic E-state index is 11.9. The molecule has 1 aliphatic rings. The summed E-state index contributed by atoms with van der Waals surface area (Å²) in [5.74, 6) is 0.160. The molecule has 2 unspecified atom stereocenters. The molecular formula is C22H26ClNO. The van der Waals surface area contributed by atoms with Crippen LogP contribution in [0.5, 0.6) is 0 Å². The predicted octanol–water partition coefficient (Wildman–Crippen LogP) is 4.97. The van der Waals surface area contributed by atoms with Gasteiger partial charge in [-0.05, 0) is 62.2 Å². The van der Waals surface area contributed by atoms with E-state index in [0.717, 1.165) is 42.5 Å². The van der Waals surface area contributed by atoms with Crippen molar-refractivity contribution in [2.75, 3.05) is 20.6 Å². The highest BCUT2D eigenvalue weighted by Crippen LogP contribution is 2.46. The fourth-order valence-electron chi connectivity index (χ4n) is 3.92. The highest BCUT2D eigenvalue weighted by atomic mass is 35.5. The number of hydrogen-bond acceptors (Lipinski definition) is 2. The number of aliphatic hydroxyl groups is 1. The Labute approximate surface area is 155 Å². The van der Waals surface area contributed by atoms with Gasteiger partial charge in [-0.15, -0.1) is 0 Å². The minimum Gasteiger partial charge on any atom is -0.380 e. The van der Waals surface area contributed by atoms with Crippen LogP contribution >= 0.6 is 11.6 Å². The van der Waals surface area contributed by atoms with E-state index >= 15 is 0 Å². The standard InChI is InChI=1S/C22H26ClNO/c1-24(2)16-20-10-6-9-19(15-17-7-4-3-5-8-17)22(20,25)18-11-13-21(23)14-12-18/h3-5,7-8,11-15,20,25H,6,9-10,16H2,1-2H3. The molecule has 0 radical (unpaired) electrons. The lowest BCUT2D eigenvalue weighted by molar-refractivity contribution is -0.0174. The Morgan fingerprint density at radius 2 is 1.80 bits per heavy atom. The third kappa shape index (κ3) is 3.98. The normalized spacial score (nSPS) is 25.5. The zero-order chi connectivity index (χ0) is 17.9. The molecule has 1 aliphatic carbocycles. The van der Waals surface area contributed by atoms with Gasteiger partial charge in [0.05, 0.1) is 0 Å². The van der Waals surface area contributed by atoms with Crippen molar-refractivity contribution in [1.82, 2.24) is 4.90 Å². The van der Waals surface area contributed by atoms with Crippen molar-refractivity contribution in [1.29, 1.82) is 0 Å². The summed E-state index contributed by atoms with van der Waals surface area (Å²) in [6.07, 6.45) is 5.20. The summed E-state index contributed by atoms with van der Waals surface area (Å²) in [6, 6.07) is 17.9. The molecule has 0 amide bonds. The molecule has 0 heterocycles. The van der Waals surface area contributed by atoms with Crippen LogP contribution in [-0.4, -0.2) is 30.6 Å². The zero-order valence-corrected chi connectivity index (χ0v) is 15.7. The predicted molar refractivity (Wildman–Crippen MR) is 106 cm³/mol. The van der Waals surface area contributed by atoms with E-state index in [9.17, 15) is 5.11 Å². The summed E-state index contributed by atoms with van der Waals surface area (Å²) >= 11 is 6.08. The topological polar surface area (TPSA) is 23.5 Å². The monoisotopic (exact) mass is 355 g/mol. The van der Waals surface area contributed by atoms with Gasteiger partial charge in [0, 0.05) is 17.5 Å². The molecule has 0 saturated heterocycles. The van der Waals surface area contributed by atoms with Crippen molar-refractivity contribution in [3.8, 4) is 0 Å². The van der Waals surface area contributed by atoms with Crippen molar-refractivity contribution in [2.45, 2.75) is 24.9 Å². The van der Waals surface area contributed by atoms with Gasteiger partial charge in [-0.3, -0.25) is 0 Å². The van der Waals surface area contributed by atoms with E-state index in [1.54, 1.807) is 0 Å². The summed E-state index contributed by atoms with van der Waals surface area (Å²) < 4.78 is 0. The van der Waals surface area contributed by atoms with E-state index < -0.39 is 5.60 Å². The van der Waals surface area contributed by atoms with Gasteiger partial charge in [-0.25, -0.2) is 0 Å². The molecule has 132 valence electrons. The van der Waals surface area contributed by atoms with Crippen LogP contribution in [0.4, 0.5) is 0 Å². The summed E-state index contributed by atoms with van der Waals surface area (Å²) in [6.45, 7) is 0.852. The molecule has 3 heteroatoms. The minimum absolute atomic E-state index is 0.160. The fraction of sp³-hybridized carbons (Fsp3) is 0.364. The second-order valence-corrected chi connectivity index (χ2v) is 7.64. The third-order valence-corrected chi connectivity index (χ3v) is 5.34. The van der Waals surface area contributed by atoms with Crippen LogP contribution in [0.2, 0.25) is 5.02 Å². The largest absolute Gasteiger partial charge is 0.380 e. The second-order valence-electron chi connectivity index (χ2n) is 7.20. The molecule has 2 atom stereocenters. The number of benzene rings is 2. The lowest BCUT2D eigenvalue weighted by atomic mass is 9.67. The summed E-state index contributed by atoms with van der Waals surface area (Å²) in [5, 5.41) is 12.6. The number of nitrogens with zero attached hydrogens (tertiary/aromatic N) is 1. The molecule has 1 saturated carbocycles. The van der Waals surface area contributed by atoms with Crippen LogP contribution in [0.15, 0.2) is 60.2 Å². The van der Waals surface area contributed by atoms with E-state index in [4.69, 9.17) is 11.6 Å². The lowest BCUT2D eigenvalue weighted by Gasteiger charge is -2.44. The molecule has 2 aromatic carbocycles. The lowest BCUT2D eigenvalue weighted by Crippen LogP contribution is -2.44. The average Bonchev–Trinajstić information content (AvgIpc) is 2.60. The first-order valence-corrected chi connectivity index (χ1v) is 9.27. The number of hydrogen-bond donors (Lipinski definition) is 1. The SMILES string of the molecule is CN(C)CC1CCCC(=Cc2ccccc2)C1(O)c1ccc(Cl)cc1. The smallest absolute Gasteiger partial charge is 0.115 e. The molecule has 0 aromatic heterocycles. The quantitative estimate of drug-likeness (QED) is 0.836. The first-order valence-electron chi connectivity index (χ1n) is 8.89. The van der Waals surface area contributed by atoms with Crippen LogP contribution in [0.1, 0.15) is 30.4 Å². The Bertz CT molecular complexity index is 723. The average molecular weight is 356 g/mol. The van der Waals surface area contributed by atoms with Crippen molar-refractivity contribution >= 4 is 17.7 Å². The van der Waals surface area contributed by atoms with Crippen LogP contribution < -0.4 is 0 Å². The molecule has 2 nitrogen and oxygen atoms in total. The molecule has 0 bridgehead atoms. The molecule has 25 heavy (non-hydrogen) atoms. The van der Waals surface area contributed by atoms with Crippen molar-refractivity contribution in [2.24, 2.45) is 5.92 Å². The molecule has 1 N–H and O–H groups in total. The van der Waals surface area contributed by atoms with Crippen LogP contribution in [0.3, 0.4) is 0 Å². The van der Waals surface area contributed by atoms with Gasteiger partial charge in [0.25, 0.3) is 0 Å². The highest BCUT2D eigenvalue weighted by molar-refractivity contribution is 6.30. The Kier molecular flexibility index (Phi) is 5.63. The minimum atomic E-state index is -0.955. The molecule has 0 aliphatic heterocycles. The van der Waals surface area contributed by atoms with Crippen LogP contribution in [-0.2, 0) is 5.60 Å². The Hall–Kier alpha value is -1.61. The van der Waals surface area contributed by atoms with Crippen molar-refractivity contribution in [3.63, 3.8) is 0 Å². The van der Waals surface area contributed by atoms with Gasteiger partial charge < -0.3 is 10.0 Å². The van der Waals surface area contributed by atoms with Gasteiger partial charge in [-0.2, -0.15) is 0 Å². The van der Waals surface area contributed by atoms with Crippen LogP contribution in [0, 0.1) is 5.92 Å². The summed E-state index contributed by atoms with van der Waals surface area (Å²) in [5.41, 5.74) is 2.21. The number of rotatable bonds is 4. The van der Waals surface area contributed by atoms with Gasteiger partial charge >= 0.3 is 0 Å². The highest BCUT2D eigenvalue weighted by Gasteiger charge is 2.44. The Balaban J connectivity index is 2.08. The molecule has 0 spiro atoms. The summed E-state index contributed by atoms with van der Waals surface area (Å²) in [4.78, 5) is 2.16. The van der Waals surface area contributed by atoms with E-state index in [-0.39, 0.29) is 5.92 Å².